The number of hydrogen-bond acceptors (Lipinski definition) is 5. The number of carbonyl (C=O) groups excluding carboxylic acids is 2. The third-order valence-electron chi connectivity index (χ3n) is 3.44. The van der Waals surface area contributed by atoms with Crippen LogP contribution in [0, 0.1) is 0 Å². The number of benzene rings is 2. The van der Waals surface area contributed by atoms with E-state index in [4.69, 9.17) is 11.6 Å². The van der Waals surface area contributed by atoms with Gasteiger partial charge in [-0.1, -0.05) is 23.7 Å². The topological polar surface area (TPSA) is 87.1 Å². The standard InChI is InChI=1S/C17H16ClNO5/c1-19(9-10-3-5-11(6-4-10)17(23)24-2)16(22)12-7-13(18)15(21)8-14(12)20/h3-8,20-21H,9H2,1-2H3. The van der Waals surface area contributed by atoms with E-state index in [9.17, 15) is 19.8 Å². The zero-order chi connectivity index (χ0) is 17.9. The number of ether oxygens (including phenoxy) is 1. The number of nitrogens with zero attached hydrogens (tertiary/aromatic N) is 1. The zero-order valence-corrected chi connectivity index (χ0v) is 13.9. The summed E-state index contributed by atoms with van der Waals surface area (Å²) in [6, 6.07) is 8.86. The Labute approximate surface area is 143 Å². The lowest BCUT2D eigenvalue weighted by Gasteiger charge is -2.18. The van der Waals surface area contributed by atoms with Gasteiger partial charge in [0.2, 0.25) is 0 Å². The number of esters is 1. The van der Waals surface area contributed by atoms with Gasteiger partial charge in [0.15, 0.2) is 0 Å². The van der Waals surface area contributed by atoms with Crippen LogP contribution in [0.4, 0.5) is 0 Å². The SMILES string of the molecule is COC(=O)c1ccc(CN(C)C(=O)c2cc(Cl)c(O)cc2O)cc1. The van der Waals surface area contributed by atoms with Crippen molar-refractivity contribution in [3.63, 3.8) is 0 Å². The van der Waals surface area contributed by atoms with Gasteiger partial charge < -0.3 is 19.8 Å². The Bertz CT molecular complexity index is 773. The number of methoxy groups -OCH3 is 1. The maximum atomic E-state index is 12.4. The molecule has 0 aliphatic heterocycles. The third kappa shape index (κ3) is 3.78. The Hall–Kier alpha value is -2.73. The number of carbonyl (C=O) groups is 2. The van der Waals surface area contributed by atoms with Gasteiger partial charge in [-0.05, 0) is 23.8 Å². The molecule has 0 aromatic heterocycles. The van der Waals surface area contributed by atoms with E-state index in [0.717, 1.165) is 11.6 Å². The maximum absolute atomic E-state index is 12.4. The van der Waals surface area contributed by atoms with Crippen molar-refractivity contribution in [3.8, 4) is 11.5 Å². The fraction of sp³-hybridized carbons (Fsp3) is 0.176. The predicted octanol–water partition coefficient (Wildman–Crippen LogP) is 2.81. The van der Waals surface area contributed by atoms with Crippen molar-refractivity contribution in [1.82, 2.24) is 4.90 Å². The highest BCUT2D eigenvalue weighted by Gasteiger charge is 2.18. The minimum atomic E-state index is -0.452. The Morgan fingerprint density at radius 2 is 1.75 bits per heavy atom. The summed E-state index contributed by atoms with van der Waals surface area (Å²) in [5.74, 6) is -1.54. The summed E-state index contributed by atoms with van der Waals surface area (Å²) < 4.78 is 4.62. The highest BCUT2D eigenvalue weighted by Crippen LogP contribution is 2.31. The van der Waals surface area contributed by atoms with Crippen LogP contribution >= 0.6 is 11.6 Å². The Morgan fingerprint density at radius 1 is 1.12 bits per heavy atom. The molecule has 0 aliphatic rings. The summed E-state index contributed by atoms with van der Waals surface area (Å²) in [6.45, 7) is 0.262. The number of rotatable bonds is 4. The molecule has 2 rings (SSSR count). The summed E-state index contributed by atoms with van der Waals surface area (Å²) in [5, 5.41) is 19.2. The molecular weight excluding hydrogens is 334 g/mol. The predicted molar refractivity (Wildman–Crippen MR) is 88.4 cm³/mol. The minimum Gasteiger partial charge on any atom is -0.507 e. The summed E-state index contributed by atoms with van der Waals surface area (Å²) in [4.78, 5) is 25.2. The molecule has 0 heterocycles. The molecule has 2 aromatic carbocycles. The first-order valence-electron chi connectivity index (χ1n) is 6.97. The highest BCUT2D eigenvalue weighted by atomic mass is 35.5. The monoisotopic (exact) mass is 349 g/mol. The van der Waals surface area contributed by atoms with Gasteiger partial charge >= 0.3 is 5.97 Å². The lowest BCUT2D eigenvalue weighted by molar-refractivity contribution is 0.0600. The van der Waals surface area contributed by atoms with E-state index >= 15 is 0 Å². The molecule has 126 valence electrons. The van der Waals surface area contributed by atoms with Crippen LogP contribution in [0.2, 0.25) is 5.02 Å². The van der Waals surface area contributed by atoms with Crippen LogP contribution in [0.3, 0.4) is 0 Å². The van der Waals surface area contributed by atoms with Crippen molar-refractivity contribution >= 4 is 23.5 Å². The Kier molecular flexibility index (Phi) is 5.31. The molecule has 0 saturated carbocycles. The van der Waals surface area contributed by atoms with Crippen molar-refractivity contribution in [2.75, 3.05) is 14.2 Å². The van der Waals surface area contributed by atoms with Gasteiger partial charge in [0.1, 0.15) is 11.5 Å². The second kappa shape index (κ2) is 7.23. The fourth-order valence-corrected chi connectivity index (χ4v) is 2.30. The van der Waals surface area contributed by atoms with Gasteiger partial charge in [-0.3, -0.25) is 4.79 Å². The van der Waals surface area contributed by atoms with Crippen molar-refractivity contribution in [2.45, 2.75) is 6.54 Å². The quantitative estimate of drug-likeness (QED) is 0.829. The second-order valence-corrected chi connectivity index (χ2v) is 5.58. The number of amides is 1. The molecule has 2 N–H and O–H groups in total. The molecule has 0 aliphatic carbocycles. The van der Waals surface area contributed by atoms with Gasteiger partial charge in [0.05, 0.1) is 23.3 Å². The lowest BCUT2D eigenvalue weighted by Crippen LogP contribution is -2.26. The molecule has 1 amide bonds. The molecule has 0 unspecified atom stereocenters. The average Bonchev–Trinajstić information content (AvgIpc) is 2.57. The third-order valence-corrected chi connectivity index (χ3v) is 3.74. The molecule has 0 spiro atoms. The molecule has 6 nitrogen and oxygen atoms in total. The highest BCUT2D eigenvalue weighted by molar-refractivity contribution is 6.32. The first-order chi connectivity index (χ1) is 11.3. The van der Waals surface area contributed by atoms with E-state index < -0.39 is 11.9 Å². The summed E-state index contributed by atoms with van der Waals surface area (Å²) in [6.07, 6.45) is 0. The van der Waals surface area contributed by atoms with E-state index in [2.05, 4.69) is 4.74 Å². The Balaban J connectivity index is 2.14. The van der Waals surface area contributed by atoms with Crippen LogP contribution in [0.1, 0.15) is 26.3 Å². The summed E-state index contributed by atoms with van der Waals surface area (Å²) in [7, 11) is 2.87. The van der Waals surface area contributed by atoms with Gasteiger partial charge in [-0.2, -0.15) is 0 Å². The summed E-state index contributed by atoms with van der Waals surface area (Å²) >= 11 is 5.78. The summed E-state index contributed by atoms with van der Waals surface area (Å²) in [5.41, 5.74) is 1.20. The number of hydrogen-bond donors (Lipinski definition) is 2. The lowest BCUT2D eigenvalue weighted by atomic mass is 10.1. The number of phenolic OH excluding ortho intramolecular Hbond substituents is 2. The number of halogens is 1. The van der Waals surface area contributed by atoms with E-state index in [1.165, 1.54) is 18.1 Å². The van der Waals surface area contributed by atoms with Crippen molar-refractivity contribution < 1.29 is 24.5 Å². The second-order valence-electron chi connectivity index (χ2n) is 5.17. The molecule has 0 saturated heterocycles. The average molecular weight is 350 g/mol. The molecule has 0 radical (unpaired) electrons. The molecular formula is C17H16ClNO5. The van der Waals surface area contributed by atoms with Crippen molar-refractivity contribution in [3.05, 3.63) is 58.1 Å². The number of aromatic hydroxyl groups is 2. The molecule has 2 aromatic rings. The first-order valence-corrected chi connectivity index (χ1v) is 7.35. The van der Waals surface area contributed by atoms with Gasteiger partial charge in [0.25, 0.3) is 5.91 Å². The largest absolute Gasteiger partial charge is 0.507 e. The molecule has 7 heteroatoms. The van der Waals surface area contributed by atoms with Crippen LogP contribution in [-0.4, -0.2) is 41.1 Å². The van der Waals surface area contributed by atoms with Crippen molar-refractivity contribution in [1.29, 1.82) is 0 Å². The van der Waals surface area contributed by atoms with Gasteiger partial charge in [-0.15, -0.1) is 0 Å². The van der Waals surface area contributed by atoms with E-state index in [1.807, 2.05) is 0 Å². The fourth-order valence-electron chi connectivity index (χ4n) is 2.14. The molecule has 24 heavy (non-hydrogen) atoms. The van der Waals surface area contributed by atoms with Crippen molar-refractivity contribution in [2.24, 2.45) is 0 Å². The Morgan fingerprint density at radius 3 is 2.33 bits per heavy atom. The van der Waals surface area contributed by atoms with Crippen LogP contribution in [0.25, 0.3) is 0 Å². The van der Waals surface area contributed by atoms with E-state index in [-0.39, 0.29) is 28.6 Å². The van der Waals surface area contributed by atoms with E-state index in [1.54, 1.807) is 31.3 Å². The number of phenols is 2. The van der Waals surface area contributed by atoms with E-state index in [0.29, 0.717) is 5.56 Å². The normalized spacial score (nSPS) is 10.3. The molecule has 0 fully saturated rings. The van der Waals surface area contributed by atoms with Gasteiger partial charge in [-0.25, -0.2) is 4.79 Å². The minimum absolute atomic E-state index is 0.00789. The smallest absolute Gasteiger partial charge is 0.337 e. The van der Waals surface area contributed by atoms with Gasteiger partial charge in [0, 0.05) is 19.7 Å². The first kappa shape index (κ1) is 17.6. The van der Waals surface area contributed by atoms with Crippen LogP contribution in [-0.2, 0) is 11.3 Å². The van der Waals surface area contributed by atoms with Crippen LogP contribution < -0.4 is 0 Å². The van der Waals surface area contributed by atoms with Crippen LogP contribution in [0.5, 0.6) is 11.5 Å². The maximum Gasteiger partial charge on any atom is 0.337 e. The zero-order valence-electron chi connectivity index (χ0n) is 13.1. The van der Waals surface area contributed by atoms with Crippen LogP contribution in [0.15, 0.2) is 36.4 Å². The molecule has 0 atom stereocenters. The molecule has 0 bridgehead atoms.